The fraction of sp³-hybridized carbons (Fsp3) is 0.190. The first kappa shape index (κ1) is 18.7. The number of aromatic amines is 1. The second-order valence-electron chi connectivity index (χ2n) is 7.29. The SMILES string of the molecule is Cc1nc(N)c2[nH]c(=O)n(Cc3ccc4c(c3)Sc3cc(CO)ccc3N4C)c2n1. The smallest absolute Gasteiger partial charge is 0.328 e. The Morgan fingerprint density at radius 1 is 1.10 bits per heavy atom. The summed E-state index contributed by atoms with van der Waals surface area (Å²) in [5, 5.41) is 9.46. The van der Waals surface area contributed by atoms with E-state index in [0.717, 1.165) is 32.3 Å². The Morgan fingerprint density at radius 2 is 1.77 bits per heavy atom. The molecule has 0 bridgehead atoms. The topological polar surface area (TPSA) is 113 Å². The number of H-pyrrole nitrogens is 1. The second-order valence-corrected chi connectivity index (χ2v) is 8.38. The van der Waals surface area contributed by atoms with Crippen molar-refractivity contribution in [3.05, 3.63) is 63.8 Å². The molecule has 0 saturated heterocycles. The summed E-state index contributed by atoms with van der Waals surface area (Å²) >= 11 is 1.66. The number of nitrogens with two attached hydrogens (primary N) is 1. The van der Waals surface area contributed by atoms with Gasteiger partial charge in [-0.05, 0) is 42.3 Å². The van der Waals surface area contributed by atoms with Gasteiger partial charge >= 0.3 is 5.69 Å². The van der Waals surface area contributed by atoms with Gasteiger partial charge in [0.25, 0.3) is 0 Å². The van der Waals surface area contributed by atoms with E-state index in [0.29, 0.717) is 23.5 Å². The van der Waals surface area contributed by atoms with Crippen LogP contribution in [0.2, 0.25) is 0 Å². The highest BCUT2D eigenvalue weighted by Crippen LogP contribution is 2.48. The molecule has 152 valence electrons. The van der Waals surface area contributed by atoms with Gasteiger partial charge in [-0.1, -0.05) is 23.9 Å². The molecule has 0 aliphatic carbocycles. The minimum Gasteiger partial charge on any atom is -0.392 e. The van der Waals surface area contributed by atoms with Gasteiger partial charge in [-0.2, -0.15) is 0 Å². The van der Waals surface area contributed by atoms with Crippen molar-refractivity contribution in [2.75, 3.05) is 17.7 Å². The Balaban J connectivity index is 1.54. The summed E-state index contributed by atoms with van der Waals surface area (Å²) in [6, 6.07) is 12.2. The standard InChI is InChI=1S/C21H20N6O2S/c1-11-23-19(22)18-20(24-11)27(21(29)25-18)9-12-3-5-14-16(7-12)30-17-8-13(10-28)4-6-15(17)26(14)2/h3-8,28H,9-10H2,1-2H3,(H,25,29)(H2,22,23,24). The Hall–Kier alpha value is -3.30. The summed E-state index contributed by atoms with van der Waals surface area (Å²) in [5.74, 6) is 0.791. The van der Waals surface area contributed by atoms with Gasteiger partial charge in [0, 0.05) is 16.8 Å². The molecular weight excluding hydrogens is 400 g/mol. The fourth-order valence-corrected chi connectivity index (χ4v) is 5.05. The molecule has 0 amide bonds. The third-order valence-corrected chi connectivity index (χ3v) is 6.37. The first-order chi connectivity index (χ1) is 14.4. The summed E-state index contributed by atoms with van der Waals surface area (Å²) < 4.78 is 1.58. The van der Waals surface area contributed by atoms with Crippen molar-refractivity contribution in [3.63, 3.8) is 0 Å². The van der Waals surface area contributed by atoms with Crippen molar-refractivity contribution in [1.29, 1.82) is 0 Å². The maximum absolute atomic E-state index is 12.5. The monoisotopic (exact) mass is 420 g/mol. The zero-order valence-electron chi connectivity index (χ0n) is 16.5. The van der Waals surface area contributed by atoms with Crippen LogP contribution in [0.25, 0.3) is 11.2 Å². The number of hydrogen-bond acceptors (Lipinski definition) is 7. The molecule has 9 heteroatoms. The molecule has 0 atom stereocenters. The highest BCUT2D eigenvalue weighted by Gasteiger charge is 2.22. The van der Waals surface area contributed by atoms with Crippen LogP contribution in [0.3, 0.4) is 0 Å². The van der Waals surface area contributed by atoms with E-state index in [-0.39, 0.29) is 18.1 Å². The normalized spacial score (nSPS) is 12.8. The lowest BCUT2D eigenvalue weighted by atomic mass is 10.1. The van der Waals surface area contributed by atoms with Gasteiger partial charge in [0.1, 0.15) is 11.3 Å². The molecule has 4 aromatic rings. The van der Waals surface area contributed by atoms with Gasteiger partial charge in [-0.25, -0.2) is 14.8 Å². The van der Waals surface area contributed by atoms with Crippen molar-refractivity contribution in [2.45, 2.75) is 29.9 Å². The van der Waals surface area contributed by atoms with Crippen LogP contribution in [0.4, 0.5) is 17.2 Å². The van der Waals surface area contributed by atoms with Crippen LogP contribution in [-0.4, -0.2) is 31.7 Å². The molecule has 8 nitrogen and oxygen atoms in total. The molecule has 30 heavy (non-hydrogen) atoms. The Bertz CT molecular complexity index is 1360. The van der Waals surface area contributed by atoms with Gasteiger partial charge in [-0.15, -0.1) is 0 Å². The zero-order chi connectivity index (χ0) is 21.0. The lowest BCUT2D eigenvalue weighted by Crippen LogP contribution is -2.18. The average Bonchev–Trinajstić information content (AvgIpc) is 3.03. The molecule has 2 aromatic carbocycles. The zero-order valence-corrected chi connectivity index (χ0v) is 17.3. The van der Waals surface area contributed by atoms with E-state index in [2.05, 4.69) is 32.0 Å². The molecule has 1 aliphatic heterocycles. The molecule has 5 rings (SSSR count). The molecule has 4 N–H and O–H groups in total. The second kappa shape index (κ2) is 6.89. The van der Waals surface area contributed by atoms with E-state index in [4.69, 9.17) is 5.73 Å². The summed E-state index contributed by atoms with van der Waals surface area (Å²) in [6.07, 6.45) is 0. The van der Waals surface area contributed by atoms with E-state index in [9.17, 15) is 9.90 Å². The van der Waals surface area contributed by atoms with E-state index >= 15 is 0 Å². The number of nitrogens with one attached hydrogen (secondary N) is 1. The van der Waals surface area contributed by atoms with Crippen LogP contribution in [0.5, 0.6) is 0 Å². The number of hydrogen-bond donors (Lipinski definition) is 3. The van der Waals surface area contributed by atoms with Gasteiger partial charge in [0.2, 0.25) is 0 Å². The van der Waals surface area contributed by atoms with Gasteiger partial charge in [-0.3, -0.25) is 4.57 Å². The number of anilines is 3. The number of aromatic nitrogens is 4. The van der Waals surface area contributed by atoms with Crippen LogP contribution < -0.4 is 16.3 Å². The number of fused-ring (bicyclic) bond motifs is 3. The minimum atomic E-state index is -0.267. The number of benzene rings is 2. The number of aliphatic hydroxyl groups excluding tert-OH is 1. The van der Waals surface area contributed by atoms with Crippen molar-refractivity contribution < 1.29 is 5.11 Å². The number of aliphatic hydroxyl groups is 1. The predicted octanol–water partition coefficient (Wildman–Crippen LogP) is 2.78. The molecular formula is C21H20N6O2S. The van der Waals surface area contributed by atoms with Crippen LogP contribution in [0.1, 0.15) is 17.0 Å². The average molecular weight is 420 g/mol. The number of aryl methyl sites for hydroxylation is 1. The van der Waals surface area contributed by atoms with Crippen molar-refractivity contribution in [1.82, 2.24) is 19.5 Å². The summed E-state index contributed by atoms with van der Waals surface area (Å²) in [7, 11) is 2.03. The van der Waals surface area contributed by atoms with Crippen molar-refractivity contribution in [3.8, 4) is 0 Å². The van der Waals surface area contributed by atoms with Crippen LogP contribution in [-0.2, 0) is 13.2 Å². The lowest BCUT2D eigenvalue weighted by Gasteiger charge is -2.30. The predicted molar refractivity (Wildman–Crippen MR) is 117 cm³/mol. The van der Waals surface area contributed by atoms with Crippen molar-refractivity contribution in [2.24, 2.45) is 0 Å². The summed E-state index contributed by atoms with van der Waals surface area (Å²) in [6.45, 7) is 2.13. The molecule has 3 heterocycles. The number of rotatable bonds is 3. The van der Waals surface area contributed by atoms with E-state index in [1.165, 1.54) is 0 Å². The maximum atomic E-state index is 12.5. The third-order valence-electron chi connectivity index (χ3n) is 5.28. The van der Waals surface area contributed by atoms with Gasteiger partial charge < -0.3 is 20.7 Å². The fourth-order valence-electron chi connectivity index (χ4n) is 3.77. The molecule has 2 aromatic heterocycles. The molecule has 0 unspecified atom stereocenters. The maximum Gasteiger partial charge on any atom is 0.328 e. The van der Waals surface area contributed by atoms with Crippen LogP contribution in [0, 0.1) is 6.92 Å². The third kappa shape index (κ3) is 2.94. The highest BCUT2D eigenvalue weighted by molar-refractivity contribution is 7.99. The Kier molecular flexibility index (Phi) is 4.30. The largest absolute Gasteiger partial charge is 0.392 e. The number of nitrogens with zero attached hydrogens (tertiary/aromatic N) is 4. The first-order valence-electron chi connectivity index (χ1n) is 9.45. The molecule has 0 radical (unpaired) electrons. The number of nitrogen functional groups attached to an aromatic ring is 1. The van der Waals surface area contributed by atoms with E-state index < -0.39 is 0 Å². The first-order valence-corrected chi connectivity index (χ1v) is 10.3. The Morgan fingerprint density at radius 3 is 2.47 bits per heavy atom. The minimum absolute atomic E-state index is 0.0122. The molecule has 0 spiro atoms. The summed E-state index contributed by atoms with van der Waals surface area (Å²) in [4.78, 5) is 28.1. The van der Waals surface area contributed by atoms with Gasteiger partial charge in [0.15, 0.2) is 11.5 Å². The quantitative estimate of drug-likeness (QED) is 0.467. The highest BCUT2D eigenvalue weighted by atomic mass is 32.2. The lowest BCUT2D eigenvalue weighted by molar-refractivity contribution is 0.281. The molecule has 0 fully saturated rings. The molecule has 1 aliphatic rings. The van der Waals surface area contributed by atoms with Crippen molar-refractivity contribution >= 4 is 40.1 Å². The van der Waals surface area contributed by atoms with Gasteiger partial charge in [0.05, 0.1) is 24.5 Å². The summed E-state index contributed by atoms with van der Waals surface area (Å²) in [5.41, 5.74) is 10.7. The number of imidazole rings is 1. The van der Waals surface area contributed by atoms with Crippen LogP contribution >= 0.6 is 11.8 Å². The molecule has 0 saturated carbocycles. The van der Waals surface area contributed by atoms with E-state index in [1.54, 1.807) is 23.3 Å². The van der Waals surface area contributed by atoms with Crippen LogP contribution in [0.15, 0.2) is 51.0 Å². The van der Waals surface area contributed by atoms with E-state index in [1.807, 2.05) is 31.3 Å². The Labute approximate surface area is 176 Å².